The minimum Gasteiger partial charge on any atom is -0.497 e. The number of methoxy groups -OCH3 is 1. The van der Waals surface area contributed by atoms with Gasteiger partial charge in [-0.05, 0) is 55.7 Å². The molecule has 0 saturated heterocycles. The van der Waals surface area contributed by atoms with Crippen molar-refractivity contribution < 1.29 is 9.53 Å². The lowest BCUT2D eigenvalue weighted by Gasteiger charge is -2.07. The van der Waals surface area contributed by atoms with E-state index in [4.69, 9.17) is 4.74 Å². The van der Waals surface area contributed by atoms with E-state index in [0.29, 0.717) is 13.0 Å². The van der Waals surface area contributed by atoms with Gasteiger partial charge in [-0.3, -0.25) is 4.79 Å². The molecule has 0 atom stereocenters. The Morgan fingerprint density at radius 3 is 2.59 bits per heavy atom. The monoisotopic (exact) mass is 364 g/mol. The van der Waals surface area contributed by atoms with Gasteiger partial charge in [-0.15, -0.1) is 0 Å². The van der Waals surface area contributed by atoms with Crippen molar-refractivity contribution in [3.63, 3.8) is 0 Å². The number of nitrogens with zero attached hydrogens (tertiary/aromatic N) is 3. The fourth-order valence-corrected chi connectivity index (χ4v) is 3.06. The average Bonchev–Trinajstić information content (AvgIpc) is 2.97. The van der Waals surface area contributed by atoms with Gasteiger partial charge in [0.2, 0.25) is 5.91 Å². The Balaban J connectivity index is 1.57. The molecule has 0 aliphatic rings. The fraction of sp³-hybridized carbons (Fsp3) is 0.286. The van der Waals surface area contributed by atoms with Crippen LogP contribution in [0.15, 0.2) is 48.7 Å². The first-order valence-electron chi connectivity index (χ1n) is 8.94. The minimum absolute atomic E-state index is 0.00703. The Labute approximate surface area is 159 Å². The summed E-state index contributed by atoms with van der Waals surface area (Å²) < 4.78 is 6.98. The molecule has 0 spiro atoms. The van der Waals surface area contributed by atoms with Gasteiger partial charge >= 0.3 is 0 Å². The van der Waals surface area contributed by atoms with Gasteiger partial charge < -0.3 is 10.1 Å². The van der Waals surface area contributed by atoms with Crippen LogP contribution in [0.1, 0.15) is 22.5 Å². The molecule has 3 aromatic rings. The SMILES string of the molecule is COc1ccc(CC(=O)NCCc2c(C)nn(-c3ccccn3)c2C)cc1. The molecule has 1 N–H and O–H groups in total. The smallest absolute Gasteiger partial charge is 0.224 e. The summed E-state index contributed by atoms with van der Waals surface area (Å²) >= 11 is 0. The predicted octanol–water partition coefficient (Wildman–Crippen LogP) is 2.79. The molecule has 0 aliphatic heterocycles. The molecule has 0 bridgehead atoms. The van der Waals surface area contributed by atoms with Crippen LogP contribution in [0.2, 0.25) is 0 Å². The van der Waals surface area contributed by atoms with Crippen molar-refractivity contribution in [2.75, 3.05) is 13.7 Å². The number of benzene rings is 1. The van der Waals surface area contributed by atoms with E-state index in [1.165, 1.54) is 0 Å². The van der Waals surface area contributed by atoms with Crippen molar-refractivity contribution in [1.29, 1.82) is 0 Å². The third-order valence-electron chi connectivity index (χ3n) is 4.53. The Bertz CT molecular complexity index is 902. The molecule has 3 rings (SSSR count). The maximum Gasteiger partial charge on any atom is 0.224 e. The molecule has 0 unspecified atom stereocenters. The standard InChI is InChI=1S/C21H24N4O2/c1-15-19(16(2)25(24-15)20-6-4-5-12-22-20)11-13-23-21(26)14-17-7-9-18(27-3)10-8-17/h4-10,12H,11,13-14H2,1-3H3,(H,23,26). The van der Waals surface area contributed by atoms with E-state index >= 15 is 0 Å². The van der Waals surface area contributed by atoms with E-state index in [9.17, 15) is 4.79 Å². The first-order valence-corrected chi connectivity index (χ1v) is 8.94. The van der Waals surface area contributed by atoms with Crippen LogP contribution < -0.4 is 10.1 Å². The van der Waals surface area contributed by atoms with Gasteiger partial charge in [-0.25, -0.2) is 9.67 Å². The van der Waals surface area contributed by atoms with Gasteiger partial charge in [-0.1, -0.05) is 18.2 Å². The lowest BCUT2D eigenvalue weighted by molar-refractivity contribution is -0.120. The van der Waals surface area contributed by atoms with Crippen molar-refractivity contribution in [1.82, 2.24) is 20.1 Å². The van der Waals surface area contributed by atoms with Crippen LogP contribution >= 0.6 is 0 Å². The second kappa shape index (κ2) is 8.49. The van der Waals surface area contributed by atoms with Crippen molar-refractivity contribution in [3.05, 3.63) is 71.2 Å². The molecule has 6 heteroatoms. The van der Waals surface area contributed by atoms with Crippen LogP contribution in [0.25, 0.3) is 5.82 Å². The first-order chi connectivity index (χ1) is 13.1. The Kier molecular flexibility index (Phi) is 5.86. The summed E-state index contributed by atoms with van der Waals surface area (Å²) in [6.07, 6.45) is 2.85. The molecular weight excluding hydrogens is 340 g/mol. The zero-order chi connectivity index (χ0) is 19.2. The molecule has 1 aromatic carbocycles. The number of nitrogens with one attached hydrogen (secondary N) is 1. The minimum atomic E-state index is 0.00703. The number of carbonyl (C=O) groups is 1. The van der Waals surface area contributed by atoms with E-state index in [1.807, 2.05) is 61.0 Å². The molecule has 2 aromatic heterocycles. The number of hydrogen-bond acceptors (Lipinski definition) is 4. The Hall–Kier alpha value is -3.15. The summed E-state index contributed by atoms with van der Waals surface area (Å²) in [6.45, 7) is 4.59. The van der Waals surface area contributed by atoms with E-state index in [0.717, 1.165) is 40.5 Å². The third-order valence-corrected chi connectivity index (χ3v) is 4.53. The lowest BCUT2D eigenvalue weighted by Crippen LogP contribution is -2.27. The van der Waals surface area contributed by atoms with Crippen LogP contribution in [0.3, 0.4) is 0 Å². The number of ether oxygens (including phenoxy) is 1. The normalized spacial score (nSPS) is 10.6. The molecule has 0 radical (unpaired) electrons. The van der Waals surface area contributed by atoms with E-state index in [-0.39, 0.29) is 5.91 Å². The maximum atomic E-state index is 12.2. The predicted molar refractivity (Wildman–Crippen MR) is 104 cm³/mol. The van der Waals surface area contributed by atoms with E-state index in [1.54, 1.807) is 13.3 Å². The van der Waals surface area contributed by atoms with Crippen LogP contribution in [0.4, 0.5) is 0 Å². The van der Waals surface area contributed by atoms with E-state index in [2.05, 4.69) is 15.4 Å². The second-order valence-corrected chi connectivity index (χ2v) is 6.37. The largest absolute Gasteiger partial charge is 0.497 e. The first kappa shape index (κ1) is 18.6. The summed E-state index contributed by atoms with van der Waals surface area (Å²) in [5.41, 5.74) is 4.12. The molecule has 1 amide bonds. The quantitative estimate of drug-likeness (QED) is 0.700. The summed E-state index contributed by atoms with van der Waals surface area (Å²) in [7, 11) is 1.63. The highest BCUT2D eigenvalue weighted by Gasteiger charge is 2.13. The summed E-state index contributed by atoms with van der Waals surface area (Å²) in [4.78, 5) is 16.5. The van der Waals surface area contributed by atoms with Gasteiger partial charge in [0, 0.05) is 18.4 Å². The Morgan fingerprint density at radius 1 is 1.15 bits per heavy atom. The number of hydrogen-bond donors (Lipinski definition) is 1. The second-order valence-electron chi connectivity index (χ2n) is 6.37. The number of aryl methyl sites for hydroxylation is 1. The zero-order valence-corrected chi connectivity index (χ0v) is 15.9. The third kappa shape index (κ3) is 4.53. The van der Waals surface area contributed by atoms with Crippen LogP contribution in [0.5, 0.6) is 5.75 Å². The molecule has 0 fully saturated rings. The summed E-state index contributed by atoms with van der Waals surface area (Å²) in [5, 5.41) is 7.58. The van der Waals surface area contributed by atoms with Crippen LogP contribution in [-0.4, -0.2) is 34.3 Å². The highest BCUT2D eigenvalue weighted by atomic mass is 16.5. The number of pyridine rings is 1. The number of amides is 1. The topological polar surface area (TPSA) is 69.0 Å². The fourth-order valence-electron chi connectivity index (χ4n) is 3.06. The Morgan fingerprint density at radius 2 is 1.93 bits per heavy atom. The van der Waals surface area contributed by atoms with Crippen molar-refractivity contribution in [3.8, 4) is 11.6 Å². The number of aromatic nitrogens is 3. The highest BCUT2D eigenvalue weighted by Crippen LogP contribution is 2.17. The summed E-state index contributed by atoms with van der Waals surface area (Å²) in [5.74, 6) is 1.59. The molecular formula is C21H24N4O2. The van der Waals surface area contributed by atoms with Crippen LogP contribution in [-0.2, 0) is 17.6 Å². The van der Waals surface area contributed by atoms with Gasteiger partial charge in [0.1, 0.15) is 5.75 Å². The van der Waals surface area contributed by atoms with E-state index < -0.39 is 0 Å². The molecule has 140 valence electrons. The maximum absolute atomic E-state index is 12.2. The van der Waals surface area contributed by atoms with Gasteiger partial charge in [-0.2, -0.15) is 5.10 Å². The molecule has 2 heterocycles. The average molecular weight is 364 g/mol. The van der Waals surface area contributed by atoms with Crippen molar-refractivity contribution in [2.24, 2.45) is 0 Å². The molecule has 6 nitrogen and oxygen atoms in total. The van der Waals surface area contributed by atoms with Crippen LogP contribution in [0, 0.1) is 13.8 Å². The van der Waals surface area contributed by atoms with Gasteiger partial charge in [0.15, 0.2) is 5.82 Å². The number of rotatable bonds is 7. The zero-order valence-electron chi connectivity index (χ0n) is 15.9. The molecule has 0 saturated carbocycles. The number of carbonyl (C=O) groups excluding carboxylic acids is 1. The van der Waals surface area contributed by atoms with Gasteiger partial charge in [0.05, 0.1) is 19.2 Å². The summed E-state index contributed by atoms with van der Waals surface area (Å²) in [6, 6.07) is 13.3. The molecule has 27 heavy (non-hydrogen) atoms. The van der Waals surface area contributed by atoms with Crippen molar-refractivity contribution in [2.45, 2.75) is 26.7 Å². The van der Waals surface area contributed by atoms with Gasteiger partial charge in [0.25, 0.3) is 0 Å². The van der Waals surface area contributed by atoms with Crippen molar-refractivity contribution >= 4 is 5.91 Å². The molecule has 0 aliphatic carbocycles. The highest BCUT2D eigenvalue weighted by molar-refractivity contribution is 5.78. The lowest BCUT2D eigenvalue weighted by atomic mass is 10.1.